The number of ketones is 1. The number of nitrogens with one attached hydrogen (secondary N) is 1. The zero-order valence-electron chi connectivity index (χ0n) is 21.6. The van der Waals surface area contributed by atoms with E-state index in [1.54, 1.807) is 62.6 Å². The monoisotopic (exact) mass is 563 g/mol. The second-order valence-corrected chi connectivity index (χ2v) is 9.53. The van der Waals surface area contributed by atoms with E-state index in [0.29, 0.717) is 28.4 Å². The molecule has 40 heavy (non-hydrogen) atoms. The normalized spacial score (nSPS) is 11.4. The molecule has 1 atom stereocenters. The zero-order valence-corrected chi connectivity index (χ0v) is 22.4. The summed E-state index contributed by atoms with van der Waals surface area (Å²) in [6, 6.07) is 17.7. The molecule has 5 N–H and O–H groups in total. The Hall–Kier alpha value is -4.97. The van der Waals surface area contributed by atoms with Gasteiger partial charge in [-0.15, -0.1) is 0 Å². The van der Waals surface area contributed by atoms with E-state index in [2.05, 4.69) is 10.3 Å². The number of hydrogen-bond acceptors (Lipinski definition) is 9. The number of nitrogen functional groups attached to an aromatic ring is 1. The van der Waals surface area contributed by atoms with Gasteiger partial charge in [0.05, 0.1) is 7.11 Å². The number of methoxy groups -OCH3 is 1. The topological polar surface area (TPSA) is 150 Å². The first kappa shape index (κ1) is 28.0. The number of halogens is 1. The molecule has 0 aliphatic rings. The van der Waals surface area contributed by atoms with Crippen LogP contribution in [0.4, 0.5) is 26.7 Å². The number of carbonyl (C=O) groups is 3. The van der Waals surface area contributed by atoms with Crippen LogP contribution in [0.2, 0.25) is 0 Å². The number of hydrogen-bond donors (Lipinski definition) is 3. The van der Waals surface area contributed by atoms with Crippen LogP contribution < -0.4 is 31.2 Å². The minimum atomic E-state index is -0.850. The van der Waals surface area contributed by atoms with Gasteiger partial charge in [0.2, 0.25) is 11.7 Å². The average Bonchev–Trinajstić information content (AvgIpc) is 3.34. The van der Waals surface area contributed by atoms with Crippen LogP contribution in [0.5, 0.6) is 11.5 Å². The molecule has 1 heterocycles. The molecule has 206 valence electrons. The molecule has 0 radical (unpaired) electrons. The van der Waals surface area contributed by atoms with Crippen LogP contribution >= 0.6 is 11.3 Å². The predicted molar refractivity (Wildman–Crippen MR) is 151 cm³/mol. The molecule has 0 aliphatic heterocycles. The second-order valence-electron chi connectivity index (χ2n) is 8.55. The summed E-state index contributed by atoms with van der Waals surface area (Å²) in [7, 11) is 1.56. The molecular formula is C28H26FN5O5S. The van der Waals surface area contributed by atoms with Gasteiger partial charge in [-0.3, -0.25) is 14.4 Å². The lowest BCUT2D eigenvalue weighted by atomic mass is 10.1. The van der Waals surface area contributed by atoms with Crippen molar-refractivity contribution >= 4 is 51.3 Å². The van der Waals surface area contributed by atoms with Crippen molar-refractivity contribution in [2.24, 2.45) is 5.73 Å². The summed E-state index contributed by atoms with van der Waals surface area (Å²) in [6.45, 7) is 1.34. The van der Waals surface area contributed by atoms with Crippen LogP contribution in [0.25, 0.3) is 0 Å². The second kappa shape index (κ2) is 12.3. The van der Waals surface area contributed by atoms with Gasteiger partial charge in [0.15, 0.2) is 11.7 Å². The number of rotatable bonds is 11. The van der Waals surface area contributed by atoms with Crippen LogP contribution in [-0.4, -0.2) is 42.3 Å². The van der Waals surface area contributed by atoms with Gasteiger partial charge in [0, 0.05) is 16.9 Å². The minimum absolute atomic E-state index is 0.0238. The standard InChI is InChI=1S/C28H26FN5O5S/c1-16(27(31)37)34(20-9-5-18(29)6-10-20)28-33-26(30)25(40-28)24(36)17-3-11-22(12-4-17)39-15-23(35)32-19-7-13-21(38-2)14-8-19/h3-14,16H,15,30H2,1-2H3,(H2,31,37)(H,32,35)/t16-/m1/s1. The van der Waals surface area contributed by atoms with Crippen molar-refractivity contribution in [3.05, 3.63) is 89.1 Å². The highest BCUT2D eigenvalue weighted by Gasteiger charge is 2.27. The number of benzene rings is 3. The number of nitrogens with zero attached hydrogens (tertiary/aromatic N) is 2. The molecule has 0 bridgehead atoms. The summed E-state index contributed by atoms with van der Waals surface area (Å²) in [5.41, 5.74) is 13.0. The van der Waals surface area contributed by atoms with Crippen molar-refractivity contribution < 1.29 is 28.2 Å². The summed E-state index contributed by atoms with van der Waals surface area (Å²) >= 11 is 0.984. The van der Waals surface area contributed by atoms with Gasteiger partial charge in [-0.25, -0.2) is 9.37 Å². The third kappa shape index (κ3) is 6.53. The highest BCUT2D eigenvalue weighted by atomic mass is 32.1. The average molecular weight is 564 g/mol. The predicted octanol–water partition coefficient (Wildman–Crippen LogP) is 4.13. The first-order valence-corrected chi connectivity index (χ1v) is 12.8. The number of thiazole rings is 1. The third-order valence-corrected chi connectivity index (χ3v) is 6.89. The Morgan fingerprint density at radius 2 is 1.62 bits per heavy atom. The summed E-state index contributed by atoms with van der Waals surface area (Å²) in [4.78, 5) is 43.4. The lowest BCUT2D eigenvalue weighted by molar-refractivity contribution is -0.119. The van der Waals surface area contributed by atoms with Crippen molar-refractivity contribution in [3.63, 3.8) is 0 Å². The zero-order chi connectivity index (χ0) is 28.8. The van der Waals surface area contributed by atoms with Crippen molar-refractivity contribution in [1.82, 2.24) is 4.98 Å². The van der Waals surface area contributed by atoms with E-state index in [1.807, 2.05) is 0 Å². The van der Waals surface area contributed by atoms with Gasteiger partial charge >= 0.3 is 0 Å². The van der Waals surface area contributed by atoms with Crippen LogP contribution in [0.1, 0.15) is 22.2 Å². The van der Waals surface area contributed by atoms with E-state index in [4.69, 9.17) is 20.9 Å². The van der Waals surface area contributed by atoms with E-state index in [0.717, 1.165) is 11.3 Å². The van der Waals surface area contributed by atoms with E-state index < -0.39 is 23.5 Å². The van der Waals surface area contributed by atoms with E-state index in [9.17, 15) is 18.8 Å². The molecule has 3 aromatic carbocycles. The number of aromatic nitrogens is 1. The molecule has 4 rings (SSSR count). The fourth-order valence-corrected chi connectivity index (χ4v) is 4.72. The summed E-state index contributed by atoms with van der Waals surface area (Å²) in [5, 5.41) is 2.97. The first-order valence-electron chi connectivity index (χ1n) is 12.0. The fourth-order valence-electron chi connectivity index (χ4n) is 3.67. The lowest BCUT2D eigenvalue weighted by Crippen LogP contribution is -2.39. The van der Waals surface area contributed by atoms with Crippen LogP contribution in [0.3, 0.4) is 0 Å². The van der Waals surface area contributed by atoms with Crippen molar-refractivity contribution in [2.45, 2.75) is 13.0 Å². The molecule has 0 fully saturated rings. The number of carbonyl (C=O) groups excluding carboxylic acids is 3. The highest BCUT2D eigenvalue weighted by molar-refractivity contribution is 7.18. The Morgan fingerprint density at radius 3 is 2.23 bits per heavy atom. The van der Waals surface area contributed by atoms with Crippen molar-refractivity contribution in [3.8, 4) is 11.5 Å². The van der Waals surface area contributed by atoms with Crippen LogP contribution in [0.15, 0.2) is 72.8 Å². The van der Waals surface area contributed by atoms with E-state index in [-0.39, 0.29) is 28.3 Å². The van der Waals surface area contributed by atoms with Gasteiger partial charge in [0.1, 0.15) is 34.1 Å². The summed E-state index contributed by atoms with van der Waals surface area (Å²) in [5.74, 6) is -0.802. The number of amides is 2. The quantitative estimate of drug-likeness (QED) is 0.231. The minimum Gasteiger partial charge on any atom is -0.497 e. The van der Waals surface area contributed by atoms with Crippen molar-refractivity contribution in [2.75, 3.05) is 29.7 Å². The highest BCUT2D eigenvalue weighted by Crippen LogP contribution is 2.36. The number of nitrogens with two attached hydrogens (primary N) is 2. The van der Waals surface area contributed by atoms with Gasteiger partial charge < -0.3 is 31.2 Å². The molecule has 12 heteroatoms. The number of ether oxygens (including phenoxy) is 2. The van der Waals surface area contributed by atoms with E-state index >= 15 is 0 Å². The Kier molecular flexibility index (Phi) is 8.60. The lowest BCUT2D eigenvalue weighted by Gasteiger charge is -2.26. The SMILES string of the molecule is COc1ccc(NC(=O)COc2ccc(C(=O)c3sc(N(c4ccc(F)cc4)[C@H](C)C(N)=O)nc3N)cc2)cc1. The van der Waals surface area contributed by atoms with Crippen LogP contribution in [0, 0.1) is 5.82 Å². The molecule has 0 aliphatic carbocycles. The Balaban J connectivity index is 1.44. The molecule has 0 saturated heterocycles. The molecule has 1 aromatic heterocycles. The molecule has 2 amide bonds. The molecule has 4 aromatic rings. The Labute approximate surface area is 233 Å². The molecule has 10 nitrogen and oxygen atoms in total. The van der Waals surface area contributed by atoms with Gasteiger partial charge in [-0.2, -0.15) is 0 Å². The Morgan fingerprint density at radius 1 is 1.00 bits per heavy atom. The van der Waals surface area contributed by atoms with Gasteiger partial charge in [-0.05, 0) is 79.7 Å². The first-order chi connectivity index (χ1) is 19.2. The molecule has 0 saturated carbocycles. The summed E-state index contributed by atoms with van der Waals surface area (Å²) in [6.07, 6.45) is 0. The largest absolute Gasteiger partial charge is 0.497 e. The number of primary amides is 1. The third-order valence-electron chi connectivity index (χ3n) is 5.82. The van der Waals surface area contributed by atoms with E-state index in [1.165, 1.54) is 29.2 Å². The molecular weight excluding hydrogens is 537 g/mol. The van der Waals surface area contributed by atoms with Crippen LogP contribution in [-0.2, 0) is 9.59 Å². The van der Waals surface area contributed by atoms with Gasteiger partial charge in [-0.1, -0.05) is 11.3 Å². The number of anilines is 4. The maximum atomic E-state index is 13.5. The fraction of sp³-hybridized carbons (Fsp3) is 0.143. The smallest absolute Gasteiger partial charge is 0.262 e. The maximum Gasteiger partial charge on any atom is 0.262 e. The Bertz CT molecular complexity index is 1510. The molecule has 0 spiro atoms. The maximum absolute atomic E-state index is 13.5. The summed E-state index contributed by atoms with van der Waals surface area (Å²) < 4.78 is 24.1. The van der Waals surface area contributed by atoms with Gasteiger partial charge in [0.25, 0.3) is 5.91 Å². The van der Waals surface area contributed by atoms with Crippen molar-refractivity contribution in [1.29, 1.82) is 0 Å². The molecule has 0 unspecified atom stereocenters.